The summed E-state index contributed by atoms with van der Waals surface area (Å²) >= 11 is 1.10. The van der Waals surface area contributed by atoms with Crippen LogP contribution in [0.2, 0.25) is 0 Å². The van der Waals surface area contributed by atoms with E-state index in [2.05, 4.69) is 4.98 Å². The number of likely N-dealkylation sites (N-methyl/N-ethyl adjacent to an activating group) is 1. The molecule has 29 heavy (non-hydrogen) atoms. The average molecular weight is 424 g/mol. The van der Waals surface area contributed by atoms with Gasteiger partial charge in [0.05, 0.1) is 12.1 Å². The zero-order chi connectivity index (χ0) is 21.0. The smallest absolute Gasteiger partial charge is 0.416 e. The summed E-state index contributed by atoms with van der Waals surface area (Å²) in [6.45, 7) is 0.450. The molecule has 0 bridgehead atoms. The summed E-state index contributed by atoms with van der Waals surface area (Å²) in [4.78, 5) is 18.1. The maximum absolute atomic E-state index is 12.9. The zero-order valence-electron chi connectivity index (χ0n) is 15.2. The van der Waals surface area contributed by atoms with Gasteiger partial charge in [0, 0.05) is 18.0 Å². The minimum Gasteiger partial charge on any atom is -0.492 e. The molecule has 0 unspecified atom stereocenters. The van der Waals surface area contributed by atoms with Crippen LogP contribution in [-0.4, -0.2) is 36.0 Å². The third-order valence-electron chi connectivity index (χ3n) is 4.02. The fourth-order valence-corrected chi connectivity index (χ4v) is 3.25. The Balaban J connectivity index is 1.62. The number of nitrogens with zero attached hydrogens (tertiary/aromatic N) is 2. The molecular formula is C20H16F4N2O2S. The first kappa shape index (κ1) is 20.8. The minimum atomic E-state index is -4.45. The van der Waals surface area contributed by atoms with Gasteiger partial charge >= 0.3 is 6.18 Å². The fourth-order valence-electron chi connectivity index (χ4n) is 2.46. The van der Waals surface area contributed by atoms with Gasteiger partial charge in [-0.25, -0.2) is 9.37 Å². The van der Waals surface area contributed by atoms with Crippen LogP contribution in [0.5, 0.6) is 5.75 Å². The van der Waals surface area contributed by atoms with E-state index in [-0.39, 0.29) is 30.6 Å². The monoisotopic (exact) mass is 424 g/mol. The van der Waals surface area contributed by atoms with Crippen molar-refractivity contribution in [2.45, 2.75) is 6.18 Å². The molecule has 1 heterocycles. The lowest BCUT2D eigenvalue weighted by Gasteiger charge is -2.16. The maximum atomic E-state index is 12.9. The zero-order valence-corrected chi connectivity index (χ0v) is 16.1. The summed E-state index contributed by atoms with van der Waals surface area (Å²) in [5.74, 6) is -0.264. The number of thiazole rings is 1. The summed E-state index contributed by atoms with van der Waals surface area (Å²) in [6, 6.07) is 10.3. The van der Waals surface area contributed by atoms with Crippen LogP contribution in [0.4, 0.5) is 17.6 Å². The Morgan fingerprint density at radius 1 is 1.17 bits per heavy atom. The molecule has 0 radical (unpaired) electrons. The highest BCUT2D eigenvalue weighted by molar-refractivity contribution is 7.13. The molecule has 0 fully saturated rings. The third kappa shape index (κ3) is 5.32. The van der Waals surface area contributed by atoms with Gasteiger partial charge in [-0.15, -0.1) is 11.3 Å². The first-order chi connectivity index (χ1) is 13.7. The number of ether oxygens (including phenoxy) is 1. The van der Waals surface area contributed by atoms with Crippen LogP contribution in [-0.2, 0) is 6.18 Å². The van der Waals surface area contributed by atoms with Gasteiger partial charge in [-0.3, -0.25) is 4.79 Å². The van der Waals surface area contributed by atoms with E-state index in [0.717, 1.165) is 23.5 Å². The van der Waals surface area contributed by atoms with Crippen LogP contribution in [0.25, 0.3) is 10.6 Å². The molecule has 0 saturated heterocycles. The van der Waals surface area contributed by atoms with Gasteiger partial charge in [0.2, 0.25) is 0 Å². The first-order valence-corrected chi connectivity index (χ1v) is 9.39. The van der Waals surface area contributed by atoms with Gasteiger partial charge in [-0.1, -0.05) is 12.1 Å². The number of carbonyl (C=O) groups is 1. The molecular weight excluding hydrogens is 408 g/mol. The highest BCUT2D eigenvalue weighted by Gasteiger charge is 2.30. The number of carbonyl (C=O) groups excluding carboxylic acids is 1. The van der Waals surface area contributed by atoms with Crippen molar-refractivity contribution in [2.75, 3.05) is 20.2 Å². The van der Waals surface area contributed by atoms with Crippen molar-refractivity contribution < 1.29 is 27.1 Å². The van der Waals surface area contributed by atoms with Crippen molar-refractivity contribution in [1.82, 2.24) is 9.88 Å². The van der Waals surface area contributed by atoms with E-state index >= 15 is 0 Å². The largest absolute Gasteiger partial charge is 0.492 e. The molecule has 3 aromatic rings. The van der Waals surface area contributed by atoms with Crippen molar-refractivity contribution in [1.29, 1.82) is 0 Å². The van der Waals surface area contributed by atoms with E-state index in [1.807, 2.05) is 0 Å². The number of hydrogen-bond donors (Lipinski definition) is 0. The number of aromatic nitrogens is 1. The van der Waals surface area contributed by atoms with Crippen LogP contribution in [0, 0.1) is 5.82 Å². The quantitative estimate of drug-likeness (QED) is 0.516. The van der Waals surface area contributed by atoms with Gasteiger partial charge in [0.25, 0.3) is 5.91 Å². The summed E-state index contributed by atoms with van der Waals surface area (Å²) in [7, 11) is 1.57. The summed E-state index contributed by atoms with van der Waals surface area (Å²) in [6.07, 6.45) is -4.45. The third-order valence-corrected chi connectivity index (χ3v) is 4.91. The fraction of sp³-hybridized carbons (Fsp3) is 0.200. The lowest BCUT2D eigenvalue weighted by Crippen LogP contribution is -2.31. The number of benzene rings is 2. The van der Waals surface area contributed by atoms with E-state index < -0.39 is 11.7 Å². The molecule has 1 aromatic heterocycles. The van der Waals surface area contributed by atoms with Crippen LogP contribution in [0.1, 0.15) is 16.1 Å². The van der Waals surface area contributed by atoms with Crippen molar-refractivity contribution in [3.63, 3.8) is 0 Å². The van der Waals surface area contributed by atoms with Crippen molar-refractivity contribution in [3.8, 4) is 16.3 Å². The predicted molar refractivity (Wildman–Crippen MR) is 101 cm³/mol. The van der Waals surface area contributed by atoms with Crippen LogP contribution in [0.3, 0.4) is 0 Å². The highest BCUT2D eigenvalue weighted by Crippen LogP contribution is 2.33. The molecule has 0 spiro atoms. The Hall–Kier alpha value is -2.94. The number of rotatable bonds is 6. The number of hydrogen-bond acceptors (Lipinski definition) is 4. The molecule has 0 atom stereocenters. The predicted octanol–water partition coefficient (Wildman–Crippen LogP) is 5.12. The van der Waals surface area contributed by atoms with E-state index in [0.29, 0.717) is 16.3 Å². The molecule has 9 heteroatoms. The summed E-state index contributed by atoms with van der Waals surface area (Å²) < 4.78 is 56.9. The molecule has 152 valence electrons. The Kier molecular flexibility index (Phi) is 6.17. The van der Waals surface area contributed by atoms with E-state index in [4.69, 9.17) is 4.74 Å². The van der Waals surface area contributed by atoms with Crippen molar-refractivity contribution >= 4 is 17.2 Å². The van der Waals surface area contributed by atoms with Gasteiger partial charge in [0.1, 0.15) is 28.9 Å². The van der Waals surface area contributed by atoms with Crippen LogP contribution in [0.15, 0.2) is 53.9 Å². The lowest BCUT2D eigenvalue weighted by atomic mass is 10.1. The Labute approximate surface area is 168 Å². The molecule has 0 aliphatic heterocycles. The van der Waals surface area contributed by atoms with Crippen molar-refractivity contribution in [3.05, 3.63) is 71.0 Å². The van der Waals surface area contributed by atoms with E-state index in [9.17, 15) is 22.4 Å². The highest BCUT2D eigenvalue weighted by atomic mass is 32.1. The molecule has 0 saturated carbocycles. The Morgan fingerprint density at radius 2 is 1.90 bits per heavy atom. The van der Waals surface area contributed by atoms with Crippen LogP contribution < -0.4 is 4.74 Å². The van der Waals surface area contributed by atoms with Gasteiger partial charge < -0.3 is 9.64 Å². The van der Waals surface area contributed by atoms with E-state index in [1.165, 1.54) is 46.7 Å². The average Bonchev–Trinajstić information content (AvgIpc) is 3.18. The van der Waals surface area contributed by atoms with Gasteiger partial charge in [-0.05, 0) is 36.4 Å². The Bertz CT molecular complexity index is 987. The maximum Gasteiger partial charge on any atom is 0.416 e. The standard InChI is InChI=1S/C20H16F4N2O2S/c1-26(9-10-28-16-7-5-15(21)6-8-16)19(27)17-12-29-18(25-17)13-3-2-4-14(11-13)20(22,23)24/h2-8,11-12H,9-10H2,1H3. The second-order valence-electron chi connectivity index (χ2n) is 6.15. The molecule has 0 aliphatic rings. The molecule has 4 nitrogen and oxygen atoms in total. The molecule has 0 aliphatic carbocycles. The number of amides is 1. The first-order valence-electron chi connectivity index (χ1n) is 8.51. The normalized spacial score (nSPS) is 11.3. The second kappa shape index (κ2) is 8.60. The Morgan fingerprint density at radius 3 is 2.59 bits per heavy atom. The molecule has 2 aromatic carbocycles. The topological polar surface area (TPSA) is 42.4 Å². The second-order valence-corrected chi connectivity index (χ2v) is 7.00. The molecule has 3 rings (SSSR count). The lowest BCUT2D eigenvalue weighted by molar-refractivity contribution is -0.137. The summed E-state index contributed by atoms with van der Waals surface area (Å²) in [5.41, 5.74) is -0.328. The van der Waals surface area contributed by atoms with Gasteiger partial charge in [0.15, 0.2) is 0 Å². The summed E-state index contributed by atoms with van der Waals surface area (Å²) in [5, 5.41) is 1.84. The van der Waals surface area contributed by atoms with Gasteiger partial charge in [-0.2, -0.15) is 13.2 Å². The minimum absolute atomic E-state index is 0.145. The number of alkyl halides is 3. The molecule has 1 amide bonds. The molecule has 0 N–H and O–H groups in total. The van der Waals surface area contributed by atoms with Crippen LogP contribution >= 0.6 is 11.3 Å². The van der Waals surface area contributed by atoms with Crippen molar-refractivity contribution in [2.24, 2.45) is 0 Å². The van der Waals surface area contributed by atoms with E-state index in [1.54, 1.807) is 7.05 Å². The SMILES string of the molecule is CN(CCOc1ccc(F)cc1)C(=O)c1csc(-c2cccc(C(F)(F)F)c2)n1. The number of halogens is 4.